The van der Waals surface area contributed by atoms with Gasteiger partial charge in [0, 0.05) is 18.4 Å². The maximum Gasteiger partial charge on any atom is 0.243 e. The number of imidazole rings is 1. The Morgan fingerprint density at radius 1 is 1.33 bits per heavy atom. The van der Waals surface area contributed by atoms with E-state index in [1.54, 1.807) is 23.3 Å². The molecule has 1 aliphatic carbocycles. The van der Waals surface area contributed by atoms with E-state index < -0.39 is 0 Å². The highest BCUT2D eigenvalue weighted by atomic mass is 16.2. The SMILES string of the molecule is NNc1nc(NCC(=O)NC2CC2)nc(-n2ccnc2)n1. The highest BCUT2D eigenvalue weighted by molar-refractivity contribution is 5.80. The molecule has 1 fully saturated rings. The van der Waals surface area contributed by atoms with Crippen molar-refractivity contribution in [3.8, 4) is 5.95 Å². The Morgan fingerprint density at radius 2 is 2.14 bits per heavy atom. The van der Waals surface area contributed by atoms with Crippen LogP contribution in [0.3, 0.4) is 0 Å². The van der Waals surface area contributed by atoms with Gasteiger partial charge in [-0.1, -0.05) is 0 Å². The second-order valence-corrected chi connectivity index (χ2v) is 4.59. The molecule has 0 spiro atoms. The molecular formula is C11H15N9O. The molecule has 21 heavy (non-hydrogen) atoms. The van der Waals surface area contributed by atoms with E-state index >= 15 is 0 Å². The van der Waals surface area contributed by atoms with E-state index in [4.69, 9.17) is 5.84 Å². The van der Waals surface area contributed by atoms with Crippen LogP contribution in [0.25, 0.3) is 5.95 Å². The van der Waals surface area contributed by atoms with Crippen molar-refractivity contribution in [3.05, 3.63) is 18.7 Å². The number of amides is 1. The Labute approximate surface area is 120 Å². The molecule has 1 aliphatic rings. The van der Waals surface area contributed by atoms with Gasteiger partial charge in [0.15, 0.2) is 0 Å². The van der Waals surface area contributed by atoms with Gasteiger partial charge in [-0.15, -0.1) is 0 Å². The number of hydrazine groups is 1. The van der Waals surface area contributed by atoms with Crippen molar-refractivity contribution in [2.24, 2.45) is 5.84 Å². The summed E-state index contributed by atoms with van der Waals surface area (Å²) in [6, 6.07) is 0.320. The minimum absolute atomic E-state index is 0.0912. The largest absolute Gasteiger partial charge is 0.352 e. The van der Waals surface area contributed by atoms with Gasteiger partial charge in [0.25, 0.3) is 0 Å². The fraction of sp³-hybridized carbons (Fsp3) is 0.364. The van der Waals surface area contributed by atoms with Crippen LogP contribution in [0.1, 0.15) is 12.8 Å². The third-order valence-electron chi connectivity index (χ3n) is 2.84. The van der Waals surface area contributed by atoms with Gasteiger partial charge in [-0.2, -0.15) is 15.0 Å². The van der Waals surface area contributed by atoms with Crippen LogP contribution in [0.5, 0.6) is 0 Å². The van der Waals surface area contributed by atoms with Crippen LogP contribution >= 0.6 is 0 Å². The predicted molar refractivity (Wildman–Crippen MR) is 74.4 cm³/mol. The average Bonchev–Trinajstić information content (AvgIpc) is 3.14. The number of carbonyl (C=O) groups excluding carboxylic acids is 1. The van der Waals surface area contributed by atoms with Crippen LogP contribution in [-0.2, 0) is 4.79 Å². The summed E-state index contributed by atoms with van der Waals surface area (Å²) in [7, 11) is 0. The second kappa shape index (κ2) is 5.71. The molecule has 110 valence electrons. The van der Waals surface area contributed by atoms with Gasteiger partial charge in [-0.25, -0.2) is 10.8 Å². The normalized spacial score (nSPS) is 13.8. The molecule has 5 N–H and O–H groups in total. The van der Waals surface area contributed by atoms with Gasteiger partial charge in [0.1, 0.15) is 6.33 Å². The van der Waals surface area contributed by atoms with Crippen LogP contribution < -0.4 is 21.9 Å². The number of nitrogens with one attached hydrogen (secondary N) is 3. The Balaban J connectivity index is 1.71. The summed E-state index contributed by atoms with van der Waals surface area (Å²) in [6.45, 7) is 0.0912. The van der Waals surface area contributed by atoms with Gasteiger partial charge in [0.05, 0.1) is 6.54 Å². The number of hydrogen-bond acceptors (Lipinski definition) is 8. The maximum atomic E-state index is 11.6. The van der Waals surface area contributed by atoms with Crippen molar-refractivity contribution in [2.75, 3.05) is 17.3 Å². The average molecular weight is 289 g/mol. The summed E-state index contributed by atoms with van der Waals surface area (Å²) in [5.41, 5.74) is 2.36. The lowest BCUT2D eigenvalue weighted by Gasteiger charge is -2.08. The second-order valence-electron chi connectivity index (χ2n) is 4.59. The zero-order chi connectivity index (χ0) is 14.7. The first-order valence-electron chi connectivity index (χ1n) is 6.49. The lowest BCUT2D eigenvalue weighted by Crippen LogP contribution is -2.32. The molecule has 0 unspecified atom stereocenters. The molecule has 0 atom stereocenters. The number of rotatable bonds is 6. The number of nitrogens with two attached hydrogens (primary N) is 1. The molecular weight excluding hydrogens is 274 g/mol. The quantitative estimate of drug-likeness (QED) is 0.394. The van der Waals surface area contributed by atoms with Gasteiger partial charge < -0.3 is 10.6 Å². The van der Waals surface area contributed by atoms with Crippen LogP contribution in [-0.4, -0.2) is 43.0 Å². The van der Waals surface area contributed by atoms with Crippen molar-refractivity contribution in [3.63, 3.8) is 0 Å². The summed E-state index contributed by atoms with van der Waals surface area (Å²) >= 11 is 0. The minimum Gasteiger partial charge on any atom is -0.352 e. The van der Waals surface area contributed by atoms with E-state index in [1.165, 1.54) is 0 Å². The number of hydrogen-bond donors (Lipinski definition) is 4. The molecule has 0 saturated heterocycles. The van der Waals surface area contributed by atoms with Gasteiger partial charge in [-0.05, 0) is 12.8 Å². The highest BCUT2D eigenvalue weighted by Crippen LogP contribution is 2.18. The summed E-state index contributed by atoms with van der Waals surface area (Å²) in [6.07, 6.45) is 6.95. The zero-order valence-electron chi connectivity index (χ0n) is 11.2. The minimum atomic E-state index is -0.0932. The van der Waals surface area contributed by atoms with E-state index in [2.05, 4.69) is 36.0 Å². The Kier molecular flexibility index (Phi) is 3.60. The van der Waals surface area contributed by atoms with Crippen molar-refractivity contribution in [2.45, 2.75) is 18.9 Å². The van der Waals surface area contributed by atoms with E-state index in [1.807, 2.05) is 0 Å². The molecule has 10 nitrogen and oxygen atoms in total. The first-order valence-corrected chi connectivity index (χ1v) is 6.49. The summed E-state index contributed by atoms with van der Waals surface area (Å²) in [5, 5.41) is 5.72. The number of nitrogens with zero attached hydrogens (tertiary/aromatic N) is 5. The van der Waals surface area contributed by atoms with Gasteiger partial charge in [-0.3, -0.25) is 14.8 Å². The third kappa shape index (κ3) is 3.42. The molecule has 0 aliphatic heterocycles. The molecule has 1 amide bonds. The van der Waals surface area contributed by atoms with Crippen LogP contribution in [0.4, 0.5) is 11.9 Å². The van der Waals surface area contributed by atoms with Gasteiger partial charge >= 0.3 is 0 Å². The Morgan fingerprint density at radius 3 is 2.81 bits per heavy atom. The third-order valence-corrected chi connectivity index (χ3v) is 2.84. The van der Waals surface area contributed by atoms with Crippen molar-refractivity contribution < 1.29 is 4.79 Å². The number of carbonyl (C=O) groups is 1. The Hall–Kier alpha value is -2.75. The molecule has 0 radical (unpaired) electrons. The molecule has 2 heterocycles. The van der Waals surface area contributed by atoms with Gasteiger partial charge in [0.2, 0.25) is 23.8 Å². The van der Waals surface area contributed by atoms with E-state index in [0.29, 0.717) is 12.0 Å². The summed E-state index contributed by atoms with van der Waals surface area (Å²) < 4.78 is 1.61. The summed E-state index contributed by atoms with van der Waals surface area (Å²) in [5.74, 6) is 6.04. The lowest BCUT2D eigenvalue weighted by atomic mass is 10.5. The predicted octanol–water partition coefficient (Wildman–Crippen LogP) is -0.967. The smallest absolute Gasteiger partial charge is 0.243 e. The molecule has 1 saturated carbocycles. The Bertz CT molecular complexity index is 623. The first kappa shape index (κ1) is 13.2. The van der Waals surface area contributed by atoms with E-state index in [9.17, 15) is 4.79 Å². The number of anilines is 2. The molecule has 2 aromatic heterocycles. The number of aromatic nitrogens is 5. The van der Waals surface area contributed by atoms with Crippen LogP contribution in [0, 0.1) is 0 Å². The fourth-order valence-electron chi connectivity index (χ4n) is 1.67. The standard InChI is InChI=1S/C11H15N9O/c12-19-10-16-9(14-5-8(21)15-7-1-2-7)17-11(18-10)20-4-3-13-6-20/h3-4,6-7H,1-2,5,12H2,(H,15,21)(H2,14,16,17,18,19). The van der Waals surface area contributed by atoms with Crippen molar-refractivity contribution in [1.29, 1.82) is 0 Å². The van der Waals surface area contributed by atoms with E-state index in [-0.39, 0.29) is 24.3 Å². The lowest BCUT2D eigenvalue weighted by molar-refractivity contribution is -0.119. The number of nitrogen functional groups attached to an aromatic ring is 1. The molecule has 10 heteroatoms. The molecule has 0 aromatic carbocycles. The molecule has 3 rings (SSSR count). The molecule has 2 aromatic rings. The maximum absolute atomic E-state index is 11.6. The van der Waals surface area contributed by atoms with E-state index in [0.717, 1.165) is 12.8 Å². The van der Waals surface area contributed by atoms with Crippen molar-refractivity contribution in [1.82, 2.24) is 29.8 Å². The van der Waals surface area contributed by atoms with Crippen LogP contribution in [0.2, 0.25) is 0 Å². The monoisotopic (exact) mass is 289 g/mol. The zero-order valence-corrected chi connectivity index (χ0v) is 11.2. The summed E-state index contributed by atoms with van der Waals surface area (Å²) in [4.78, 5) is 27.9. The highest BCUT2D eigenvalue weighted by Gasteiger charge is 2.23. The fourth-order valence-corrected chi connectivity index (χ4v) is 1.67. The van der Waals surface area contributed by atoms with Crippen LogP contribution in [0.15, 0.2) is 18.7 Å². The topological polar surface area (TPSA) is 136 Å². The first-order chi connectivity index (χ1) is 10.2. The van der Waals surface area contributed by atoms with Crippen molar-refractivity contribution >= 4 is 17.8 Å². The molecule has 0 bridgehead atoms.